The van der Waals surface area contributed by atoms with Crippen LogP contribution >= 0.6 is 11.3 Å². The number of hydrogen-bond acceptors (Lipinski definition) is 2. The average molecular weight is 209 g/mol. The standard InChI is InChI=1S/C12H19NS/c1-9(2)11-5-12(6-11)13-7-10-3-4-14-8-10/h3-4,8-9,11-13H,5-7H2,1-2H3. The largest absolute Gasteiger partial charge is 0.310 e. The Hall–Kier alpha value is -0.340. The van der Waals surface area contributed by atoms with Crippen molar-refractivity contribution in [2.75, 3.05) is 0 Å². The van der Waals surface area contributed by atoms with Gasteiger partial charge in [0.2, 0.25) is 0 Å². The highest BCUT2D eigenvalue weighted by Gasteiger charge is 2.30. The molecule has 0 bridgehead atoms. The zero-order valence-electron chi connectivity index (χ0n) is 8.99. The lowest BCUT2D eigenvalue weighted by Crippen LogP contribution is -2.42. The van der Waals surface area contributed by atoms with Crippen LogP contribution < -0.4 is 5.32 Å². The van der Waals surface area contributed by atoms with E-state index < -0.39 is 0 Å². The second kappa shape index (κ2) is 4.45. The molecule has 1 heterocycles. The molecule has 0 radical (unpaired) electrons. The topological polar surface area (TPSA) is 12.0 Å². The van der Waals surface area contributed by atoms with Crippen LogP contribution in [-0.2, 0) is 6.54 Å². The van der Waals surface area contributed by atoms with E-state index in [1.54, 1.807) is 11.3 Å². The van der Waals surface area contributed by atoms with Crippen LogP contribution in [-0.4, -0.2) is 6.04 Å². The van der Waals surface area contributed by atoms with Crippen molar-refractivity contribution in [1.82, 2.24) is 5.32 Å². The minimum atomic E-state index is 0.780. The van der Waals surface area contributed by atoms with Gasteiger partial charge in [0.1, 0.15) is 0 Å². The van der Waals surface area contributed by atoms with Gasteiger partial charge >= 0.3 is 0 Å². The van der Waals surface area contributed by atoms with Crippen LogP contribution in [0.3, 0.4) is 0 Å². The fourth-order valence-corrected chi connectivity index (χ4v) is 2.70. The van der Waals surface area contributed by atoms with Crippen molar-refractivity contribution in [2.45, 2.75) is 39.3 Å². The SMILES string of the molecule is CC(C)C1CC(NCc2ccsc2)C1. The number of hydrogen-bond donors (Lipinski definition) is 1. The molecule has 0 aliphatic heterocycles. The first kappa shape index (κ1) is 10.2. The van der Waals surface area contributed by atoms with E-state index in [1.807, 2.05) is 0 Å². The van der Waals surface area contributed by atoms with Crippen molar-refractivity contribution >= 4 is 11.3 Å². The van der Waals surface area contributed by atoms with Gasteiger partial charge in [0.05, 0.1) is 0 Å². The van der Waals surface area contributed by atoms with E-state index in [0.29, 0.717) is 0 Å². The summed E-state index contributed by atoms with van der Waals surface area (Å²) in [5, 5.41) is 7.99. The van der Waals surface area contributed by atoms with Crippen LogP contribution in [0.1, 0.15) is 32.3 Å². The monoisotopic (exact) mass is 209 g/mol. The van der Waals surface area contributed by atoms with Gasteiger partial charge in [-0.1, -0.05) is 13.8 Å². The van der Waals surface area contributed by atoms with Crippen LogP contribution in [0.2, 0.25) is 0 Å². The summed E-state index contributed by atoms with van der Waals surface area (Å²) in [7, 11) is 0. The van der Waals surface area contributed by atoms with E-state index >= 15 is 0 Å². The maximum absolute atomic E-state index is 3.61. The van der Waals surface area contributed by atoms with Gasteiger partial charge in [-0.05, 0) is 47.1 Å². The molecule has 0 unspecified atom stereocenters. The molecule has 0 atom stereocenters. The zero-order valence-corrected chi connectivity index (χ0v) is 9.81. The lowest BCUT2D eigenvalue weighted by atomic mass is 9.73. The summed E-state index contributed by atoms with van der Waals surface area (Å²) >= 11 is 1.78. The Morgan fingerprint density at radius 2 is 2.29 bits per heavy atom. The molecular weight excluding hydrogens is 190 g/mol. The highest BCUT2D eigenvalue weighted by Crippen LogP contribution is 2.33. The maximum Gasteiger partial charge on any atom is 0.0216 e. The van der Waals surface area contributed by atoms with Crippen molar-refractivity contribution in [3.8, 4) is 0 Å². The molecule has 0 spiro atoms. The molecule has 0 saturated heterocycles. The van der Waals surface area contributed by atoms with Gasteiger partial charge in [-0.25, -0.2) is 0 Å². The van der Waals surface area contributed by atoms with Crippen molar-refractivity contribution in [3.63, 3.8) is 0 Å². The van der Waals surface area contributed by atoms with Crippen molar-refractivity contribution < 1.29 is 0 Å². The molecule has 1 fully saturated rings. The third kappa shape index (κ3) is 2.37. The fourth-order valence-electron chi connectivity index (χ4n) is 2.03. The molecule has 1 aromatic rings. The first-order chi connectivity index (χ1) is 6.75. The normalized spacial score (nSPS) is 26.5. The van der Waals surface area contributed by atoms with Crippen LogP contribution in [0, 0.1) is 11.8 Å². The van der Waals surface area contributed by atoms with Gasteiger partial charge in [-0.15, -0.1) is 0 Å². The Morgan fingerprint density at radius 1 is 1.50 bits per heavy atom. The Balaban J connectivity index is 1.65. The molecule has 1 N–H and O–H groups in total. The minimum Gasteiger partial charge on any atom is -0.310 e. The molecule has 1 saturated carbocycles. The van der Waals surface area contributed by atoms with Crippen molar-refractivity contribution in [3.05, 3.63) is 22.4 Å². The third-order valence-corrected chi connectivity index (χ3v) is 4.02. The third-order valence-electron chi connectivity index (χ3n) is 3.29. The molecule has 0 amide bonds. The molecule has 14 heavy (non-hydrogen) atoms. The molecule has 78 valence electrons. The average Bonchev–Trinajstić information content (AvgIpc) is 2.52. The quantitative estimate of drug-likeness (QED) is 0.802. The Morgan fingerprint density at radius 3 is 2.86 bits per heavy atom. The van der Waals surface area contributed by atoms with Crippen LogP contribution in [0.4, 0.5) is 0 Å². The summed E-state index contributed by atoms with van der Waals surface area (Å²) < 4.78 is 0. The minimum absolute atomic E-state index is 0.780. The van der Waals surface area contributed by atoms with Crippen LogP contribution in [0.15, 0.2) is 16.8 Å². The van der Waals surface area contributed by atoms with Crippen molar-refractivity contribution in [2.24, 2.45) is 11.8 Å². The first-order valence-electron chi connectivity index (χ1n) is 5.50. The first-order valence-corrected chi connectivity index (χ1v) is 6.44. The highest BCUT2D eigenvalue weighted by atomic mass is 32.1. The van der Waals surface area contributed by atoms with E-state index in [1.165, 1.54) is 18.4 Å². The number of thiophene rings is 1. The molecule has 0 aromatic carbocycles. The van der Waals surface area contributed by atoms with Gasteiger partial charge in [0.25, 0.3) is 0 Å². The van der Waals surface area contributed by atoms with Crippen molar-refractivity contribution in [1.29, 1.82) is 0 Å². The molecule has 2 heteroatoms. The summed E-state index contributed by atoms with van der Waals surface area (Å²) in [6.07, 6.45) is 2.75. The second-order valence-corrected chi connectivity index (χ2v) is 5.46. The van der Waals surface area contributed by atoms with Gasteiger partial charge in [-0.2, -0.15) is 11.3 Å². The molecule has 1 aliphatic carbocycles. The summed E-state index contributed by atoms with van der Waals surface area (Å²) in [5.74, 6) is 1.84. The zero-order chi connectivity index (χ0) is 9.97. The summed E-state index contributed by atoms with van der Waals surface area (Å²) in [6.45, 7) is 5.72. The predicted octanol–water partition coefficient (Wildman–Crippen LogP) is 3.27. The van der Waals surface area contributed by atoms with E-state index in [0.717, 1.165) is 24.4 Å². The lowest BCUT2D eigenvalue weighted by molar-refractivity contribution is 0.167. The number of nitrogens with one attached hydrogen (secondary N) is 1. The molecular formula is C12H19NS. The predicted molar refractivity (Wildman–Crippen MR) is 62.5 cm³/mol. The molecule has 1 aliphatic rings. The van der Waals surface area contributed by atoms with Gasteiger partial charge in [0.15, 0.2) is 0 Å². The summed E-state index contributed by atoms with van der Waals surface area (Å²) in [6, 6.07) is 2.98. The Bertz CT molecular complexity index is 260. The maximum atomic E-state index is 3.61. The highest BCUT2D eigenvalue weighted by molar-refractivity contribution is 7.07. The second-order valence-electron chi connectivity index (χ2n) is 4.68. The smallest absolute Gasteiger partial charge is 0.0216 e. The van der Waals surface area contributed by atoms with Gasteiger partial charge < -0.3 is 5.32 Å². The fraction of sp³-hybridized carbons (Fsp3) is 0.667. The van der Waals surface area contributed by atoms with Gasteiger partial charge in [0, 0.05) is 12.6 Å². The van der Waals surface area contributed by atoms with Gasteiger partial charge in [-0.3, -0.25) is 0 Å². The molecule has 2 rings (SSSR count). The summed E-state index contributed by atoms with van der Waals surface area (Å²) in [5.41, 5.74) is 1.43. The van der Waals surface area contributed by atoms with E-state index in [4.69, 9.17) is 0 Å². The Kier molecular flexibility index (Phi) is 3.24. The van der Waals surface area contributed by atoms with E-state index in [9.17, 15) is 0 Å². The summed E-state index contributed by atoms with van der Waals surface area (Å²) in [4.78, 5) is 0. The lowest BCUT2D eigenvalue weighted by Gasteiger charge is -2.38. The van der Waals surface area contributed by atoms with E-state index in [-0.39, 0.29) is 0 Å². The Labute approximate surface area is 90.5 Å². The van der Waals surface area contributed by atoms with Crippen LogP contribution in [0.25, 0.3) is 0 Å². The van der Waals surface area contributed by atoms with E-state index in [2.05, 4.69) is 36.0 Å². The molecule has 1 nitrogen and oxygen atoms in total. The van der Waals surface area contributed by atoms with Crippen LogP contribution in [0.5, 0.6) is 0 Å². The molecule has 1 aromatic heterocycles. The number of rotatable bonds is 4.